The summed E-state index contributed by atoms with van der Waals surface area (Å²) in [5.74, 6) is -0.948. The van der Waals surface area contributed by atoms with Crippen LogP contribution < -0.4 is 10.0 Å². The second-order valence-corrected chi connectivity index (χ2v) is 9.21. The van der Waals surface area contributed by atoms with E-state index in [2.05, 4.69) is 10.0 Å². The average molecular weight is 488 g/mol. The van der Waals surface area contributed by atoms with Crippen molar-refractivity contribution in [2.75, 3.05) is 5.32 Å². The van der Waals surface area contributed by atoms with Gasteiger partial charge >= 0.3 is 6.18 Å². The molecule has 2 aromatic carbocycles. The van der Waals surface area contributed by atoms with E-state index in [4.69, 9.17) is 34.8 Å². The highest BCUT2D eigenvalue weighted by atomic mass is 35.5. The quantitative estimate of drug-likeness (QED) is 0.596. The first-order valence-electron chi connectivity index (χ1n) is 8.08. The number of hydrogen-bond acceptors (Lipinski definition) is 3. The monoisotopic (exact) mass is 486 g/mol. The van der Waals surface area contributed by atoms with E-state index in [0.717, 1.165) is 24.3 Å². The van der Waals surface area contributed by atoms with Crippen molar-refractivity contribution in [2.45, 2.75) is 30.0 Å². The molecular weight excluding hydrogens is 476 g/mol. The van der Waals surface area contributed by atoms with Gasteiger partial charge in [-0.05, 0) is 43.2 Å². The third-order valence-corrected chi connectivity index (χ3v) is 6.62. The largest absolute Gasteiger partial charge is 0.416 e. The molecule has 0 radical (unpaired) electrons. The molecule has 12 heteroatoms. The molecule has 0 aliphatic heterocycles. The fourth-order valence-corrected chi connectivity index (χ4v) is 4.71. The third kappa shape index (κ3) is 5.16. The minimum atomic E-state index is -4.64. The predicted molar refractivity (Wildman–Crippen MR) is 104 cm³/mol. The van der Waals surface area contributed by atoms with Crippen LogP contribution in [0.5, 0.6) is 0 Å². The van der Waals surface area contributed by atoms with Gasteiger partial charge < -0.3 is 5.32 Å². The van der Waals surface area contributed by atoms with Crippen molar-refractivity contribution in [3.63, 3.8) is 0 Å². The van der Waals surface area contributed by atoms with Crippen molar-refractivity contribution in [1.29, 1.82) is 0 Å². The highest BCUT2D eigenvalue weighted by Crippen LogP contribution is 2.35. The van der Waals surface area contributed by atoms with Crippen molar-refractivity contribution >= 4 is 56.4 Å². The second-order valence-electron chi connectivity index (χ2n) is 6.30. The Morgan fingerprint density at radius 3 is 2.24 bits per heavy atom. The summed E-state index contributed by atoms with van der Waals surface area (Å²) in [6, 6.07) is 4.25. The molecular formula is C17H12Cl3F3N2O3S. The van der Waals surface area contributed by atoms with Gasteiger partial charge in [-0.3, -0.25) is 4.79 Å². The summed E-state index contributed by atoms with van der Waals surface area (Å²) in [5, 5.41) is 1.70. The SMILES string of the molecule is O=C(Nc1cc(C(F)(F)F)ccc1Cl)c1cc(S(=O)(=O)NC2CC2)c(Cl)cc1Cl. The van der Waals surface area contributed by atoms with E-state index in [-0.39, 0.29) is 37.3 Å². The first-order valence-corrected chi connectivity index (χ1v) is 10.7. The molecule has 0 bridgehead atoms. The Hall–Kier alpha value is -1.52. The Kier molecular flexibility index (Phi) is 6.08. The zero-order valence-corrected chi connectivity index (χ0v) is 17.4. The lowest BCUT2D eigenvalue weighted by Crippen LogP contribution is -2.26. The Bertz CT molecular complexity index is 1090. The summed E-state index contributed by atoms with van der Waals surface area (Å²) in [4.78, 5) is 12.2. The van der Waals surface area contributed by atoms with Crippen LogP contribution in [0.15, 0.2) is 35.2 Å². The van der Waals surface area contributed by atoms with Crippen LogP contribution in [0.1, 0.15) is 28.8 Å². The molecule has 1 saturated carbocycles. The van der Waals surface area contributed by atoms with Crippen LogP contribution in [0, 0.1) is 0 Å². The molecule has 1 aliphatic rings. The Balaban J connectivity index is 1.95. The molecule has 1 fully saturated rings. The number of alkyl halides is 3. The molecule has 1 amide bonds. The van der Waals surface area contributed by atoms with E-state index in [0.29, 0.717) is 18.9 Å². The van der Waals surface area contributed by atoms with E-state index in [9.17, 15) is 26.4 Å². The highest BCUT2D eigenvalue weighted by molar-refractivity contribution is 7.89. The molecule has 1 aliphatic carbocycles. The summed E-state index contributed by atoms with van der Waals surface area (Å²) in [5.41, 5.74) is -1.62. The Morgan fingerprint density at radius 1 is 1.00 bits per heavy atom. The summed E-state index contributed by atoms with van der Waals surface area (Å²) < 4.78 is 66.0. The lowest BCUT2D eigenvalue weighted by atomic mass is 10.1. The number of nitrogens with one attached hydrogen (secondary N) is 2. The highest BCUT2D eigenvalue weighted by Gasteiger charge is 2.32. The van der Waals surface area contributed by atoms with Gasteiger partial charge in [0, 0.05) is 6.04 Å². The molecule has 0 aromatic heterocycles. The predicted octanol–water partition coefficient (Wildman–Crippen LogP) is 5.36. The van der Waals surface area contributed by atoms with Gasteiger partial charge in [0.15, 0.2) is 0 Å². The first kappa shape index (κ1) is 22.2. The minimum absolute atomic E-state index is 0.139. The summed E-state index contributed by atoms with van der Waals surface area (Å²) in [7, 11) is -4.00. The van der Waals surface area contributed by atoms with Gasteiger partial charge in [-0.15, -0.1) is 0 Å². The topological polar surface area (TPSA) is 75.3 Å². The lowest BCUT2D eigenvalue weighted by molar-refractivity contribution is -0.137. The van der Waals surface area contributed by atoms with Gasteiger partial charge in [0.25, 0.3) is 5.91 Å². The molecule has 156 valence electrons. The van der Waals surface area contributed by atoms with Gasteiger partial charge in [0.05, 0.1) is 31.9 Å². The molecule has 0 atom stereocenters. The molecule has 2 N–H and O–H groups in total. The first-order chi connectivity index (χ1) is 13.4. The van der Waals surface area contributed by atoms with Crippen LogP contribution >= 0.6 is 34.8 Å². The maximum absolute atomic E-state index is 12.9. The van der Waals surface area contributed by atoms with Gasteiger partial charge in [-0.1, -0.05) is 34.8 Å². The lowest BCUT2D eigenvalue weighted by Gasteiger charge is -2.14. The number of benzene rings is 2. The number of carbonyl (C=O) groups excluding carboxylic acids is 1. The Labute approximate surface area is 179 Å². The fourth-order valence-electron chi connectivity index (χ4n) is 2.38. The van der Waals surface area contributed by atoms with Gasteiger partial charge in [-0.2, -0.15) is 13.2 Å². The number of rotatable bonds is 5. The van der Waals surface area contributed by atoms with Crippen LogP contribution in [0.3, 0.4) is 0 Å². The Morgan fingerprint density at radius 2 is 1.66 bits per heavy atom. The summed E-state index contributed by atoms with van der Waals surface area (Å²) >= 11 is 17.8. The molecule has 0 spiro atoms. The molecule has 29 heavy (non-hydrogen) atoms. The number of halogens is 6. The molecule has 5 nitrogen and oxygen atoms in total. The normalized spacial score (nSPS) is 14.7. The van der Waals surface area contributed by atoms with E-state index in [1.165, 1.54) is 0 Å². The van der Waals surface area contributed by atoms with Crippen molar-refractivity contribution in [1.82, 2.24) is 4.72 Å². The zero-order valence-electron chi connectivity index (χ0n) is 14.3. The van der Waals surface area contributed by atoms with Gasteiger partial charge in [0.1, 0.15) is 4.90 Å². The number of sulfonamides is 1. The smallest absolute Gasteiger partial charge is 0.321 e. The zero-order chi connectivity index (χ0) is 21.6. The number of hydrogen-bond donors (Lipinski definition) is 2. The summed E-state index contributed by atoms with van der Waals surface area (Å²) in [6.45, 7) is 0. The van der Waals surface area contributed by atoms with E-state index < -0.39 is 27.7 Å². The van der Waals surface area contributed by atoms with Crippen molar-refractivity contribution < 1.29 is 26.4 Å². The van der Waals surface area contributed by atoms with Crippen LogP contribution in [-0.4, -0.2) is 20.4 Å². The molecule has 0 saturated heterocycles. The van der Waals surface area contributed by atoms with Crippen molar-refractivity contribution in [2.24, 2.45) is 0 Å². The van der Waals surface area contributed by atoms with Crippen LogP contribution in [0.4, 0.5) is 18.9 Å². The average Bonchev–Trinajstić information content (AvgIpc) is 3.38. The summed E-state index contributed by atoms with van der Waals surface area (Å²) in [6.07, 6.45) is -3.27. The second kappa shape index (κ2) is 7.96. The van der Waals surface area contributed by atoms with Crippen LogP contribution in [-0.2, 0) is 16.2 Å². The van der Waals surface area contributed by atoms with Gasteiger partial charge in [-0.25, -0.2) is 13.1 Å². The van der Waals surface area contributed by atoms with Gasteiger partial charge in [0.2, 0.25) is 10.0 Å². The molecule has 0 heterocycles. The van der Waals surface area contributed by atoms with Crippen molar-refractivity contribution in [3.8, 4) is 0 Å². The maximum Gasteiger partial charge on any atom is 0.416 e. The third-order valence-electron chi connectivity index (χ3n) is 4.00. The molecule has 2 aromatic rings. The molecule has 0 unspecified atom stereocenters. The standard InChI is InChI=1S/C17H12Cl3F3N2O3S/c18-11-4-1-8(17(21,22)23)5-14(11)24-16(26)10-6-15(13(20)7-12(10)19)29(27,28)25-9-2-3-9/h1,4-7,9,25H,2-3H2,(H,24,26). The van der Waals surface area contributed by atoms with E-state index in [1.807, 2.05) is 0 Å². The molecule has 3 rings (SSSR count). The fraction of sp³-hybridized carbons (Fsp3) is 0.235. The van der Waals surface area contributed by atoms with Crippen LogP contribution in [0.2, 0.25) is 15.1 Å². The number of amides is 1. The number of anilines is 1. The van der Waals surface area contributed by atoms with E-state index in [1.54, 1.807) is 0 Å². The number of carbonyl (C=O) groups is 1. The maximum atomic E-state index is 12.9. The van der Waals surface area contributed by atoms with Crippen LogP contribution in [0.25, 0.3) is 0 Å². The van der Waals surface area contributed by atoms with Crippen molar-refractivity contribution in [3.05, 3.63) is 56.5 Å². The van der Waals surface area contributed by atoms with E-state index >= 15 is 0 Å². The minimum Gasteiger partial charge on any atom is -0.321 e.